The second kappa shape index (κ2) is 14.9. The highest BCUT2D eigenvalue weighted by Crippen LogP contribution is 2.24. The van der Waals surface area contributed by atoms with E-state index in [1.54, 1.807) is 75.8 Å². The average molecular weight is 666 g/mol. The van der Waals surface area contributed by atoms with E-state index in [4.69, 9.17) is 22.7 Å². The zero-order chi connectivity index (χ0) is 33.5. The largest absolute Gasteiger partial charge is 0.388 e. The lowest BCUT2D eigenvalue weighted by atomic mass is 10.1. The fourth-order valence-electron chi connectivity index (χ4n) is 4.45. The molecule has 0 bridgehead atoms. The molecule has 13 nitrogen and oxygen atoms in total. The van der Waals surface area contributed by atoms with Crippen LogP contribution in [0.5, 0.6) is 0 Å². The van der Waals surface area contributed by atoms with Gasteiger partial charge in [0.25, 0.3) is 5.91 Å². The maximum atomic E-state index is 13.2. The van der Waals surface area contributed by atoms with Crippen LogP contribution in [0.4, 0.5) is 31.4 Å². The summed E-state index contributed by atoms with van der Waals surface area (Å²) in [7, 11) is 4.76. The van der Waals surface area contributed by atoms with Crippen LogP contribution in [-0.2, 0) is 0 Å². The molecule has 0 unspecified atom stereocenters. The van der Waals surface area contributed by atoms with Crippen LogP contribution in [0.2, 0.25) is 0 Å². The lowest BCUT2D eigenvalue weighted by Crippen LogP contribution is -2.33. The minimum Gasteiger partial charge on any atom is -0.388 e. The van der Waals surface area contributed by atoms with E-state index in [9.17, 15) is 19.2 Å². The number of aryl methyl sites for hydroxylation is 1. The summed E-state index contributed by atoms with van der Waals surface area (Å²) in [4.78, 5) is 57.2. The van der Waals surface area contributed by atoms with Crippen molar-refractivity contribution in [2.24, 2.45) is 5.73 Å². The molecule has 0 spiro atoms. The normalized spacial score (nSPS) is 10.8. The Morgan fingerprint density at radius 3 is 2.00 bits per heavy atom. The van der Waals surface area contributed by atoms with E-state index in [1.165, 1.54) is 47.0 Å². The highest BCUT2D eigenvalue weighted by molar-refractivity contribution is 7.99. The van der Waals surface area contributed by atoms with E-state index in [2.05, 4.69) is 5.32 Å². The summed E-state index contributed by atoms with van der Waals surface area (Å²) in [6.07, 6.45) is 9.47. The monoisotopic (exact) mass is 665 g/mol. The first-order valence-corrected chi connectivity index (χ1v) is 15.7. The van der Waals surface area contributed by atoms with E-state index >= 15 is 0 Å². The van der Waals surface area contributed by atoms with Gasteiger partial charge in [0, 0.05) is 93.4 Å². The Hall–Kier alpha value is -4.95. The van der Waals surface area contributed by atoms with Crippen molar-refractivity contribution < 1.29 is 19.2 Å². The van der Waals surface area contributed by atoms with Gasteiger partial charge < -0.3 is 16.0 Å². The predicted molar refractivity (Wildman–Crippen MR) is 182 cm³/mol. The van der Waals surface area contributed by atoms with Crippen molar-refractivity contribution >= 4 is 70.3 Å². The van der Waals surface area contributed by atoms with E-state index in [0.29, 0.717) is 28.5 Å². The van der Waals surface area contributed by atoms with Gasteiger partial charge in [-0.25, -0.2) is 14.4 Å². The predicted octanol–water partition coefficient (Wildman–Crippen LogP) is 5.42. The molecule has 3 aromatic heterocycles. The van der Waals surface area contributed by atoms with Gasteiger partial charge >= 0.3 is 18.1 Å². The number of nitrogens with zero attached hydrogens (tertiary/aromatic N) is 6. The molecular weight excluding hydrogens is 630 g/mol. The topological polar surface area (TPSA) is 155 Å². The van der Waals surface area contributed by atoms with Crippen molar-refractivity contribution in [3.63, 3.8) is 0 Å². The number of halogens is 1. The molecule has 46 heavy (non-hydrogen) atoms. The second-order valence-corrected chi connectivity index (χ2v) is 12.0. The zero-order valence-electron chi connectivity index (χ0n) is 25.9. The van der Waals surface area contributed by atoms with Gasteiger partial charge in [0.15, 0.2) is 0 Å². The lowest BCUT2D eigenvalue weighted by molar-refractivity contribution is 0.102. The molecule has 15 heteroatoms. The van der Waals surface area contributed by atoms with Gasteiger partial charge in [-0.15, -0.1) is 23.4 Å². The number of alkyl halides is 1. The molecule has 0 aliphatic heterocycles. The number of amides is 4. The summed E-state index contributed by atoms with van der Waals surface area (Å²) in [6, 6.07) is 9.23. The summed E-state index contributed by atoms with van der Waals surface area (Å²) in [5, 5.41) is 10.2. The second-order valence-electron chi connectivity index (χ2n) is 10.5. The van der Waals surface area contributed by atoms with Gasteiger partial charge in [0.1, 0.15) is 0 Å². The van der Waals surface area contributed by atoms with Gasteiger partial charge in [-0.05, 0) is 48.9 Å². The van der Waals surface area contributed by atoms with Crippen LogP contribution in [0, 0.1) is 12.3 Å². The molecular formula is C31H36ClN9O4S. The minimum absolute atomic E-state index is 0.00964. The van der Waals surface area contributed by atoms with Gasteiger partial charge in [-0.3, -0.25) is 33.7 Å². The number of hydrogen-bond acceptors (Lipinski definition) is 6. The number of thioether (sulfide) groups is 1. The minimum atomic E-state index is -0.408. The number of rotatable bonds is 10. The van der Waals surface area contributed by atoms with Crippen LogP contribution in [-0.4, -0.2) is 87.8 Å². The molecule has 0 saturated heterocycles. The molecule has 0 aliphatic carbocycles. The molecule has 0 radical (unpaired) electrons. The van der Waals surface area contributed by atoms with E-state index in [-0.39, 0.29) is 30.7 Å². The van der Waals surface area contributed by atoms with Gasteiger partial charge in [-0.2, -0.15) is 0 Å². The summed E-state index contributed by atoms with van der Waals surface area (Å²) >= 11 is 7.42. The third kappa shape index (κ3) is 8.00. The standard InChI is InChI=1S/C31H36ClN9O4S/c1-21-17-22(5-6-26(21)46-16-11-32)28(42)35-23-7-13-39(18-23)30(44)37(3)25-9-15-41(20-25)31(45)38(4)24-8-14-40(19-24)29(43)36(2)12-10-27(33)34/h5-9,13-15,17-20H,10-12,16H2,1-4H3,(H3,33,34)(H,35,42). The Balaban J connectivity index is 1.37. The Bertz CT molecular complexity index is 1760. The van der Waals surface area contributed by atoms with E-state index in [0.717, 1.165) is 16.2 Å². The number of benzene rings is 1. The van der Waals surface area contributed by atoms with Gasteiger partial charge in [-0.1, -0.05) is 0 Å². The molecule has 1 aromatic carbocycles. The number of nitrogens with one attached hydrogen (secondary N) is 2. The Labute approximate surface area is 276 Å². The summed E-state index contributed by atoms with van der Waals surface area (Å²) in [5.41, 5.74) is 8.26. The maximum absolute atomic E-state index is 13.2. The van der Waals surface area contributed by atoms with Gasteiger partial charge in [0.05, 0.1) is 22.9 Å². The third-order valence-electron chi connectivity index (χ3n) is 7.13. The van der Waals surface area contributed by atoms with Crippen LogP contribution in [0.25, 0.3) is 0 Å². The summed E-state index contributed by atoms with van der Waals surface area (Å²) < 4.78 is 4.02. The van der Waals surface area contributed by atoms with E-state index < -0.39 is 12.1 Å². The fourth-order valence-corrected chi connectivity index (χ4v) is 5.43. The zero-order valence-corrected chi connectivity index (χ0v) is 27.5. The van der Waals surface area contributed by atoms with Crippen molar-refractivity contribution in [1.29, 1.82) is 5.41 Å². The summed E-state index contributed by atoms with van der Waals surface area (Å²) in [6.45, 7) is 2.23. The number of amidine groups is 1. The van der Waals surface area contributed by atoms with E-state index in [1.807, 2.05) is 19.1 Å². The number of carbonyl (C=O) groups excluding carboxylic acids is 4. The van der Waals surface area contributed by atoms with Crippen LogP contribution in [0.1, 0.15) is 22.3 Å². The third-order valence-corrected chi connectivity index (χ3v) is 8.72. The van der Waals surface area contributed by atoms with Crippen LogP contribution < -0.4 is 20.9 Å². The lowest BCUT2D eigenvalue weighted by Gasteiger charge is -2.18. The maximum Gasteiger partial charge on any atom is 0.332 e. The Kier molecular flexibility index (Phi) is 11.0. The Morgan fingerprint density at radius 2 is 1.43 bits per heavy atom. The molecule has 4 aromatic rings. The molecule has 242 valence electrons. The van der Waals surface area contributed by atoms with Crippen LogP contribution in [0.3, 0.4) is 0 Å². The van der Waals surface area contributed by atoms with Crippen molar-refractivity contribution in [1.82, 2.24) is 18.6 Å². The first-order chi connectivity index (χ1) is 21.9. The molecule has 0 fully saturated rings. The highest BCUT2D eigenvalue weighted by atomic mass is 35.5. The molecule has 0 aliphatic rings. The Morgan fingerprint density at radius 1 is 0.870 bits per heavy atom. The van der Waals surface area contributed by atoms with Crippen LogP contribution >= 0.6 is 23.4 Å². The summed E-state index contributed by atoms with van der Waals surface area (Å²) in [5.74, 6) is 1.02. The first-order valence-electron chi connectivity index (χ1n) is 14.2. The van der Waals surface area contributed by atoms with Crippen molar-refractivity contribution in [2.45, 2.75) is 18.2 Å². The van der Waals surface area contributed by atoms with Gasteiger partial charge in [0.2, 0.25) is 0 Å². The average Bonchev–Trinajstić information content (AvgIpc) is 3.83. The highest BCUT2D eigenvalue weighted by Gasteiger charge is 2.20. The van der Waals surface area contributed by atoms with Crippen LogP contribution in [0.15, 0.2) is 78.5 Å². The number of aromatic nitrogens is 3. The van der Waals surface area contributed by atoms with Crippen molar-refractivity contribution in [3.05, 3.63) is 84.7 Å². The smallest absolute Gasteiger partial charge is 0.332 e. The first kappa shape index (κ1) is 33.9. The van der Waals surface area contributed by atoms with Crippen molar-refractivity contribution in [2.75, 3.05) is 54.4 Å². The molecule has 4 amide bonds. The molecule has 3 heterocycles. The number of hydrogen-bond donors (Lipinski definition) is 3. The van der Waals surface area contributed by atoms with Crippen molar-refractivity contribution in [3.8, 4) is 0 Å². The quantitative estimate of drug-likeness (QED) is 0.0890. The molecule has 0 saturated carbocycles. The SMILES string of the molecule is Cc1cc(C(=O)Nc2ccn(C(=O)N(C)c3ccn(C(=O)N(C)c4ccn(C(=O)N(C)CCC(=N)N)c4)c3)c2)ccc1SCCCl. The molecule has 4 rings (SSSR count). The fraction of sp³-hybridized carbons (Fsp3) is 0.258. The number of anilines is 3. The molecule has 0 atom stereocenters. The molecule has 4 N–H and O–H groups in total. The number of nitrogens with two attached hydrogens (primary N) is 1. The number of carbonyl (C=O) groups is 4.